The predicted molar refractivity (Wildman–Crippen MR) is 111 cm³/mol. The number of nitrogens with zero attached hydrogens (tertiary/aromatic N) is 4. The molecule has 1 fully saturated rings. The number of halogens is 1. The van der Waals surface area contributed by atoms with Crippen molar-refractivity contribution in [2.24, 2.45) is 5.92 Å². The number of hydrogen-bond acceptors (Lipinski definition) is 5. The highest BCUT2D eigenvalue weighted by Crippen LogP contribution is 2.51. The number of carbonyl (C=O) groups is 1. The lowest BCUT2D eigenvalue weighted by atomic mass is 9.75. The molecule has 2 aliphatic heterocycles. The molecule has 1 saturated heterocycles. The Labute approximate surface area is 175 Å². The van der Waals surface area contributed by atoms with E-state index in [0.717, 1.165) is 35.9 Å². The fourth-order valence-electron chi connectivity index (χ4n) is 4.64. The predicted octanol–water partition coefficient (Wildman–Crippen LogP) is 2.37. The van der Waals surface area contributed by atoms with Crippen LogP contribution in [0.3, 0.4) is 0 Å². The third-order valence-corrected chi connectivity index (χ3v) is 6.59. The number of benzene rings is 1. The van der Waals surface area contributed by atoms with E-state index in [0.29, 0.717) is 24.7 Å². The number of piperidine rings is 1. The average molecular weight is 422 g/mol. The minimum absolute atomic E-state index is 0.186. The van der Waals surface area contributed by atoms with Gasteiger partial charge in [0.15, 0.2) is 0 Å². The second-order valence-corrected chi connectivity index (χ2v) is 8.87. The van der Waals surface area contributed by atoms with Crippen molar-refractivity contribution in [3.8, 4) is 0 Å². The van der Waals surface area contributed by atoms with E-state index in [-0.39, 0.29) is 11.9 Å². The van der Waals surface area contributed by atoms with Crippen LogP contribution in [0.25, 0.3) is 10.9 Å². The van der Waals surface area contributed by atoms with Gasteiger partial charge in [-0.3, -0.25) is 9.52 Å². The SMILES string of the molecule is CN(C)CCONC(=O)N1CCC(C2(C)[C@H](O)c3cc(Cl)cc4cnn2c34)CC1. The molecule has 2 aliphatic rings. The number of rotatable bonds is 5. The van der Waals surface area contributed by atoms with Crippen LogP contribution in [0, 0.1) is 5.92 Å². The van der Waals surface area contributed by atoms with E-state index in [1.165, 1.54) is 0 Å². The summed E-state index contributed by atoms with van der Waals surface area (Å²) in [7, 11) is 3.90. The third kappa shape index (κ3) is 3.48. The average Bonchev–Trinajstić information content (AvgIpc) is 3.21. The first-order valence-electron chi connectivity index (χ1n) is 9.99. The maximum atomic E-state index is 12.3. The quantitative estimate of drug-likeness (QED) is 0.572. The molecule has 0 bridgehead atoms. The molecular formula is C20H28ClN5O3. The van der Waals surface area contributed by atoms with Crippen molar-refractivity contribution < 1.29 is 14.7 Å². The van der Waals surface area contributed by atoms with Crippen molar-refractivity contribution in [3.63, 3.8) is 0 Å². The lowest BCUT2D eigenvalue weighted by Gasteiger charge is -2.42. The molecule has 2 atom stereocenters. The van der Waals surface area contributed by atoms with Crippen LogP contribution in [0.15, 0.2) is 18.3 Å². The Morgan fingerprint density at radius 3 is 2.83 bits per heavy atom. The summed E-state index contributed by atoms with van der Waals surface area (Å²) in [6.45, 7) is 4.45. The molecule has 2 amide bonds. The summed E-state index contributed by atoms with van der Waals surface area (Å²) in [5.41, 5.74) is 3.76. The van der Waals surface area contributed by atoms with Gasteiger partial charge in [0.2, 0.25) is 0 Å². The zero-order valence-electron chi connectivity index (χ0n) is 17.1. The second kappa shape index (κ2) is 7.75. The number of nitrogens with one attached hydrogen (secondary N) is 1. The number of aliphatic hydroxyl groups is 1. The lowest BCUT2D eigenvalue weighted by Crippen LogP contribution is -2.50. The molecule has 0 aliphatic carbocycles. The maximum Gasteiger partial charge on any atom is 0.341 e. The Balaban J connectivity index is 1.42. The van der Waals surface area contributed by atoms with Gasteiger partial charge < -0.3 is 14.9 Å². The van der Waals surface area contributed by atoms with Gasteiger partial charge in [0.1, 0.15) is 6.10 Å². The Hall–Kier alpha value is -1.87. The number of urea groups is 1. The van der Waals surface area contributed by atoms with E-state index in [1.54, 1.807) is 4.90 Å². The van der Waals surface area contributed by atoms with E-state index in [1.807, 2.05) is 42.0 Å². The topological polar surface area (TPSA) is 82.9 Å². The number of hydroxylamine groups is 1. The van der Waals surface area contributed by atoms with Gasteiger partial charge in [-0.25, -0.2) is 10.3 Å². The van der Waals surface area contributed by atoms with Gasteiger partial charge in [-0.15, -0.1) is 0 Å². The van der Waals surface area contributed by atoms with E-state index in [4.69, 9.17) is 16.4 Å². The zero-order chi connectivity index (χ0) is 20.8. The largest absolute Gasteiger partial charge is 0.386 e. The van der Waals surface area contributed by atoms with Crippen LogP contribution in [0.4, 0.5) is 4.79 Å². The van der Waals surface area contributed by atoms with Crippen LogP contribution in [0.1, 0.15) is 31.4 Å². The van der Waals surface area contributed by atoms with E-state index >= 15 is 0 Å². The Kier molecular flexibility index (Phi) is 5.46. The summed E-state index contributed by atoms with van der Waals surface area (Å²) in [4.78, 5) is 21.3. The Morgan fingerprint density at radius 1 is 1.41 bits per heavy atom. The molecule has 1 aromatic heterocycles. The maximum absolute atomic E-state index is 12.3. The van der Waals surface area contributed by atoms with Gasteiger partial charge in [-0.05, 0) is 51.9 Å². The van der Waals surface area contributed by atoms with E-state index in [9.17, 15) is 9.90 Å². The van der Waals surface area contributed by atoms with Crippen LogP contribution in [-0.4, -0.2) is 71.1 Å². The standard InChI is InChI=1S/C20H28ClN5O3/c1-20(18(27)16-11-15(21)10-13-12-22-26(20)17(13)16)14-4-6-25(7-5-14)19(28)23-29-9-8-24(2)3/h10-12,14,18,27H,4-9H2,1-3H3,(H,23,28)/t18-,20?/m1/s1. The molecule has 0 radical (unpaired) electrons. The first-order valence-corrected chi connectivity index (χ1v) is 10.4. The lowest BCUT2D eigenvalue weighted by molar-refractivity contribution is -0.0157. The van der Waals surface area contributed by atoms with Crippen LogP contribution < -0.4 is 5.48 Å². The van der Waals surface area contributed by atoms with Gasteiger partial charge in [0, 0.05) is 35.6 Å². The molecule has 4 rings (SSSR count). The van der Waals surface area contributed by atoms with Crippen LogP contribution in [0.5, 0.6) is 0 Å². The molecule has 8 nitrogen and oxygen atoms in total. The molecule has 29 heavy (non-hydrogen) atoms. The summed E-state index contributed by atoms with van der Waals surface area (Å²) in [6, 6.07) is 3.51. The van der Waals surface area contributed by atoms with Crippen LogP contribution >= 0.6 is 11.6 Å². The zero-order valence-corrected chi connectivity index (χ0v) is 17.8. The van der Waals surface area contributed by atoms with E-state index in [2.05, 4.69) is 17.5 Å². The number of aliphatic hydroxyl groups excluding tert-OH is 1. The van der Waals surface area contributed by atoms with Crippen molar-refractivity contribution in [1.29, 1.82) is 0 Å². The highest BCUT2D eigenvalue weighted by molar-refractivity contribution is 6.31. The number of likely N-dealkylation sites (tertiary alicyclic amines) is 1. The van der Waals surface area contributed by atoms with Crippen LogP contribution in [0.2, 0.25) is 5.02 Å². The molecule has 1 aromatic carbocycles. The van der Waals surface area contributed by atoms with Gasteiger partial charge in [-0.2, -0.15) is 5.10 Å². The first kappa shape index (κ1) is 20.4. The molecule has 3 heterocycles. The molecular weight excluding hydrogens is 394 g/mol. The number of aromatic nitrogens is 2. The first-order chi connectivity index (χ1) is 13.8. The Bertz CT molecular complexity index is 909. The van der Waals surface area contributed by atoms with E-state index < -0.39 is 11.6 Å². The summed E-state index contributed by atoms with van der Waals surface area (Å²) in [5, 5.41) is 17.3. The normalized spacial score (nSPS) is 24.6. The highest BCUT2D eigenvalue weighted by atomic mass is 35.5. The van der Waals surface area contributed by atoms with Gasteiger partial charge in [-0.1, -0.05) is 11.6 Å². The fourth-order valence-corrected chi connectivity index (χ4v) is 4.87. The number of carbonyl (C=O) groups excluding carboxylic acids is 1. The second-order valence-electron chi connectivity index (χ2n) is 8.44. The number of amides is 2. The summed E-state index contributed by atoms with van der Waals surface area (Å²) >= 11 is 6.24. The molecule has 1 unspecified atom stereocenters. The minimum atomic E-state index is -0.674. The Morgan fingerprint density at radius 2 is 2.14 bits per heavy atom. The summed E-state index contributed by atoms with van der Waals surface area (Å²) < 4.78 is 1.96. The van der Waals surface area contributed by atoms with Crippen molar-refractivity contribution in [1.82, 2.24) is 25.1 Å². The van der Waals surface area contributed by atoms with Crippen molar-refractivity contribution in [2.75, 3.05) is 40.3 Å². The molecule has 0 saturated carbocycles. The van der Waals surface area contributed by atoms with Gasteiger partial charge in [0.25, 0.3) is 0 Å². The number of likely N-dealkylation sites (N-methyl/N-ethyl adjacent to an activating group) is 1. The van der Waals surface area contributed by atoms with Crippen molar-refractivity contribution in [3.05, 3.63) is 28.9 Å². The van der Waals surface area contributed by atoms with Crippen LogP contribution in [-0.2, 0) is 10.4 Å². The highest BCUT2D eigenvalue weighted by Gasteiger charge is 2.50. The van der Waals surface area contributed by atoms with Gasteiger partial charge in [0.05, 0.1) is 23.9 Å². The van der Waals surface area contributed by atoms with Crippen molar-refractivity contribution >= 4 is 28.5 Å². The molecule has 158 valence electrons. The molecule has 2 N–H and O–H groups in total. The molecule has 2 aromatic rings. The monoisotopic (exact) mass is 421 g/mol. The van der Waals surface area contributed by atoms with Crippen molar-refractivity contribution in [2.45, 2.75) is 31.4 Å². The smallest absolute Gasteiger partial charge is 0.341 e. The molecule has 9 heteroatoms. The number of hydrogen-bond donors (Lipinski definition) is 2. The summed E-state index contributed by atoms with van der Waals surface area (Å²) in [6.07, 6.45) is 2.69. The minimum Gasteiger partial charge on any atom is -0.386 e. The molecule has 0 spiro atoms. The summed E-state index contributed by atoms with van der Waals surface area (Å²) in [5.74, 6) is 0.186. The van der Waals surface area contributed by atoms with Gasteiger partial charge >= 0.3 is 6.03 Å². The third-order valence-electron chi connectivity index (χ3n) is 6.37. The fraction of sp³-hybridized carbons (Fsp3) is 0.600.